The molecular weight excluding hydrogens is 320 g/mol. The molecule has 0 aliphatic carbocycles. The molecule has 0 unspecified atom stereocenters. The SMILES string of the molecule is CSc1ncc2ccc(-c3cccc(NS(C)(=O)=O)c3)n2n1. The summed E-state index contributed by atoms with van der Waals surface area (Å²) in [4.78, 5) is 4.24. The van der Waals surface area contributed by atoms with Gasteiger partial charge in [0.05, 0.1) is 23.7 Å². The molecule has 6 nitrogen and oxygen atoms in total. The normalized spacial score (nSPS) is 11.7. The van der Waals surface area contributed by atoms with E-state index >= 15 is 0 Å². The van der Waals surface area contributed by atoms with Gasteiger partial charge in [0.25, 0.3) is 0 Å². The third kappa shape index (κ3) is 3.07. The van der Waals surface area contributed by atoms with Crippen molar-refractivity contribution in [2.24, 2.45) is 0 Å². The van der Waals surface area contributed by atoms with E-state index in [1.807, 2.05) is 24.5 Å². The molecule has 0 spiro atoms. The van der Waals surface area contributed by atoms with E-state index in [0.29, 0.717) is 10.8 Å². The van der Waals surface area contributed by atoms with E-state index in [-0.39, 0.29) is 0 Å². The summed E-state index contributed by atoms with van der Waals surface area (Å²) < 4.78 is 27.0. The Labute approximate surface area is 132 Å². The van der Waals surface area contributed by atoms with Crippen LogP contribution >= 0.6 is 11.8 Å². The highest BCUT2D eigenvalue weighted by atomic mass is 32.2. The van der Waals surface area contributed by atoms with Crippen LogP contribution < -0.4 is 4.72 Å². The van der Waals surface area contributed by atoms with Gasteiger partial charge in [0.2, 0.25) is 15.2 Å². The van der Waals surface area contributed by atoms with Gasteiger partial charge in [-0.2, -0.15) is 0 Å². The summed E-state index contributed by atoms with van der Waals surface area (Å²) in [6.07, 6.45) is 4.81. The minimum Gasteiger partial charge on any atom is -0.284 e. The standard InChI is InChI=1S/C14H14N4O2S2/c1-21-14-15-9-12-6-7-13(18(12)16-14)10-4-3-5-11(8-10)17-22(2,19)20/h3-9,17H,1-2H3. The lowest BCUT2D eigenvalue weighted by Crippen LogP contribution is -2.09. The second-order valence-electron chi connectivity index (χ2n) is 4.76. The van der Waals surface area contributed by atoms with E-state index in [1.165, 1.54) is 11.8 Å². The number of hydrogen-bond donors (Lipinski definition) is 1. The van der Waals surface area contributed by atoms with Crippen molar-refractivity contribution in [2.75, 3.05) is 17.2 Å². The lowest BCUT2D eigenvalue weighted by atomic mass is 10.1. The molecule has 8 heteroatoms. The fourth-order valence-electron chi connectivity index (χ4n) is 2.15. The van der Waals surface area contributed by atoms with Crippen LogP contribution in [0.2, 0.25) is 0 Å². The zero-order chi connectivity index (χ0) is 15.7. The van der Waals surface area contributed by atoms with E-state index < -0.39 is 10.0 Å². The summed E-state index contributed by atoms with van der Waals surface area (Å²) in [5, 5.41) is 5.14. The van der Waals surface area contributed by atoms with E-state index in [4.69, 9.17) is 0 Å². The van der Waals surface area contributed by atoms with E-state index in [2.05, 4.69) is 14.8 Å². The van der Waals surface area contributed by atoms with E-state index in [0.717, 1.165) is 23.0 Å². The molecule has 0 aliphatic rings. The van der Waals surface area contributed by atoms with Crippen LogP contribution in [0.1, 0.15) is 0 Å². The van der Waals surface area contributed by atoms with Gasteiger partial charge in [-0.25, -0.2) is 17.9 Å². The van der Waals surface area contributed by atoms with Crippen molar-refractivity contribution in [1.82, 2.24) is 14.6 Å². The molecule has 0 aliphatic heterocycles. The zero-order valence-electron chi connectivity index (χ0n) is 12.0. The Bertz CT molecular complexity index is 935. The molecule has 114 valence electrons. The number of sulfonamides is 1. The van der Waals surface area contributed by atoms with Gasteiger partial charge in [0, 0.05) is 11.3 Å². The maximum Gasteiger partial charge on any atom is 0.229 e. The Morgan fingerprint density at radius 1 is 1.23 bits per heavy atom. The monoisotopic (exact) mass is 334 g/mol. The molecule has 0 atom stereocenters. The van der Waals surface area contributed by atoms with Crippen molar-refractivity contribution in [3.05, 3.63) is 42.6 Å². The summed E-state index contributed by atoms with van der Waals surface area (Å²) in [6, 6.07) is 11.1. The minimum absolute atomic E-state index is 0.522. The molecule has 0 fully saturated rings. The van der Waals surface area contributed by atoms with Gasteiger partial charge in [-0.05, 0) is 30.5 Å². The maximum atomic E-state index is 11.4. The quantitative estimate of drug-likeness (QED) is 0.742. The van der Waals surface area contributed by atoms with Crippen LogP contribution in [0.25, 0.3) is 16.8 Å². The highest BCUT2D eigenvalue weighted by molar-refractivity contribution is 7.98. The third-order valence-corrected chi connectivity index (χ3v) is 4.18. The number of thioether (sulfide) groups is 1. The first-order valence-electron chi connectivity index (χ1n) is 6.43. The first kappa shape index (κ1) is 14.9. The number of anilines is 1. The fraction of sp³-hybridized carbons (Fsp3) is 0.143. The van der Waals surface area contributed by atoms with E-state index in [1.54, 1.807) is 28.9 Å². The first-order chi connectivity index (χ1) is 10.5. The molecule has 0 saturated heterocycles. The third-order valence-electron chi connectivity index (χ3n) is 3.02. The van der Waals surface area contributed by atoms with Crippen molar-refractivity contribution in [3.63, 3.8) is 0 Å². The van der Waals surface area contributed by atoms with Crippen molar-refractivity contribution in [3.8, 4) is 11.3 Å². The van der Waals surface area contributed by atoms with Crippen molar-refractivity contribution >= 4 is 33.0 Å². The van der Waals surface area contributed by atoms with Crippen LogP contribution in [-0.4, -0.2) is 35.5 Å². The second-order valence-corrected chi connectivity index (χ2v) is 7.28. The number of benzene rings is 1. The molecule has 2 aromatic heterocycles. The summed E-state index contributed by atoms with van der Waals surface area (Å²) in [7, 11) is -3.30. The van der Waals surface area contributed by atoms with Gasteiger partial charge in [-0.1, -0.05) is 23.9 Å². The predicted molar refractivity (Wildman–Crippen MR) is 88.7 cm³/mol. The Morgan fingerprint density at radius 2 is 2.05 bits per heavy atom. The molecular formula is C14H14N4O2S2. The average molecular weight is 334 g/mol. The number of hydrogen-bond acceptors (Lipinski definition) is 5. The smallest absolute Gasteiger partial charge is 0.229 e. The Hall–Kier alpha value is -2.06. The Kier molecular flexibility index (Phi) is 3.79. The van der Waals surface area contributed by atoms with Crippen LogP contribution in [0.4, 0.5) is 5.69 Å². The van der Waals surface area contributed by atoms with Crippen LogP contribution in [-0.2, 0) is 10.0 Å². The number of rotatable bonds is 4. The molecule has 3 aromatic rings. The number of fused-ring (bicyclic) bond motifs is 1. The number of nitrogens with zero attached hydrogens (tertiary/aromatic N) is 3. The molecule has 1 N–H and O–H groups in total. The van der Waals surface area contributed by atoms with Gasteiger partial charge in [-0.15, -0.1) is 5.10 Å². The second kappa shape index (κ2) is 5.62. The minimum atomic E-state index is -3.30. The van der Waals surface area contributed by atoms with Gasteiger partial charge in [-0.3, -0.25) is 4.72 Å². The Morgan fingerprint density at radius 3 is 2.77 bits per heavy atom. The van der Waals surface area contributed by atoms with Crippen molar-refractivity contribution < 1.29 is 8.42 Å². The molecule has 0 amide bonds. The number of nitrogens with one attached hydrogen (secondary N) is 1. The molecule has 3 rings (SSSR count). The first-order valence-corrected chi connectivity index (χ1v) is 9.55. The average Bonchev–Trinajstić information content (AvgIpc) is 2.88. The van der Waals surface area contributed by atoms with Gasteiger partial charge in [0.1, 0.15) is 0 Å². The van der Waals surface area contributed by atoms with Gasteiger partial charge in [0.15, 0.2) is 0 Å². The molecule has 2 heterocycles. The van der Waals surface area contributed by atoms with E-state index in [9.17, 15) is 8.42 Å². The van der Waals surface area contributed by atoms with Gasteiger partial charge >= 0.3 is 0 Å². The summed E-state index contributed by atoms with van der Waals surface area (Å²) in [5.74, 6) is 0. The highest BCUT2D eigenvalue weighted by Crippen LogP contribution is 2.25. The lowest BCUT2D eigenvalue weighted by molar-refractivity contribution is 0.607. The lowest BCUT2D eigenvalue weighted by Gasteiger charge is -2.07. The molecule has 22 heavy (non-hydrogen) atoms. The summed E-state index contributed by atoms with van der Waals surface area (Å²) in [5.41, 5.74) is 3.16. The molecule has 1 aromatic carbocycles. The van der Waals surface area contributed by atoms with Crippen molar-refractivity contribution in [1.29, 1.82) is 0 Å². The number of aromatic nitrogens is 3. The topological polar surface area (TPSA) is 76.4 Å². The highest BCUT2D eigenvalue weighted by Gasteiger charge is 2.09. The van der Waals surface area contributed by atoms with Crippen LogP contribution in [0.3, 0.4) is 0 Å². The summed E-state index contributed by atoms with van der Waals surface area (Å²) in [6.45, 7) is 0. The zero-order valence-corrected chi connectivity index (χ0v) is 13.6. The van der Waals surface area contributed by atoms with Gasteiger partial charge < -0.3 is 0 Å². The predicted octanol–water partition coefficient (Wildman–Crippen LogP) is 2.49. The van der Waals surface area contributed by atoms with Crippen LogP contribution in [0.15, 0.2) is 47.8 Å². The molecule has 0 bridgehead atoms. The summed E-state index contributed by atoms with van der Waals surface area (Å²) >= 11 is 1.47. The molecule has 0 saturated carbocycles. The van der Waals surface area contributed by atoms with Crippen LogP contribution in [0, 0.1) is 0 Å². The fourth-order valence-corrected chi connectivity index (χ4v) is 3.03. The molecule has 0 radical (unpaired) electrons. The van der Waals surface area contributed by atoms with Crippen molar-refractivity contribution in [2.45, 2.75) is 5.16 Å². The largest absolute Gasteiger partial charge is 0.284 e. The maximum absolute atomic E-state index is 11.4. The van der Waals surface area contributed by atoms with Crippen LogP contribution in [0.5, 0.6) is 0 Å². The Balaban J connectivity index is 2.09.